The first-order valence-electron chi connectivity index (χ1n) is 9.33. The molecule has 150 valence electrons. The van der Waals surface area contributed by atoms with Crippen LogP contribution in [0.25, 0.3) is 0 Å². The van der Waals surface area contributed by atoms with Gasteiger partial charge in [0.05, 0.1) is 6.21 Å². The molecule has 3 amide bonds. The Morgan fingerprint density at radius 3 is 2.36 bits per heavy atom. The molecule has 8 nitrogen and oxygen atoms in total. The fraction of sp³-hybridized carbons (Fsp3) is 0.450. The summed E-state index contributed by atoms with van der Waals surface area (Å²) in [5.74, 6) is -1.50. The summed E-state index contributed by atoms with van der Waals surface area (Å²) in [5.41, 5.74) is 0.908. The molecule has 0 aromatic heterocycles. The lowest BCUT2D eigenvalue weighted by molar-refractivity contribution is -0.132. The molecule has 1 fully saturated rings. The number of ketones is 1. The highest BCUT2D eigenvalue weighted by atomic mass is 16.2. The van der Waals surface area contributed by atoms with Crippen molar-refractivity contribution in [2.24, 2.45) is 5.92 Å². The van der Waals surface area contributed by atoms with E-state index in [0.29, 0.717) is 12.8 Å². The van der Waals surface area contributed by atoms with Gasteiger partial charge in [-0.3, -0.25) is 19.2 Å². The van der Waals surface area contributed by atoms with E-state index >= 15 is 0 Å². The summed E-state index contributed by atoms with van der Waals surface area (Å²) in [4.78, 5) is 48.1. The van der Waals surface area contributed by atoms with Crippen molar-refractivity contribution < 1.29 is 19.2 Å². The number of carbonyl (C=O) groups excluding carboxylic acids is 4. The predicted molar refractivity (Wildman–Crippen MR) is 104 cm³/mol. The van der Waals surface area contributed by atoms with Crippen LogP contribution in [0.3, 0.4) is 0 Å². The monoisotopic (exact) mass is 386 g/mol. The first kappa shape index (κ1) is 21.3. The highest BCUT2D eigenvalue weighted by molar-refractivity contribution is 6.26. The van der Waals surface area contributed by atoms with Gasteiger partial charge in [0.2, 0.25) is 17.7 Å². The highest BCUT2D eigenvalue weighted by Crippen LogP contribution is 2.32. The van der Waals surface area contributed by atoms with Crippen LogP contribution in [-0.2, 0) is 25.7 Å². The molecule has 1 aromatic rings. The molecule has 0 spiro atoms. The van der Waals surface area contributed by atoms with Gasteiger partial charge >= 0.3 is 0 Å². The summed E-state index contributed by atoms with van der Waals surface area (Å²) in [5, 5.41) is 15.1. The van der Waals surface area contributed by atoms with Gasteiger partial charge < -0.3 is 21.4 Å². The Hall–Kier alpha value is -3.03. The average molecular weight is 386 g/mol. The Morgan fingerprint density at radius 2 is 1.79 bits per heavy atom. The number of carbonyl (C=O) groups is 4. The van der Waals surface area contributed by atoms with E-state index in [0.717, 1.165) is 18.4 Å². The third kappa shape index (κ3) is 6.94. The minimum absolute atomic E-state index is 0.0264. The highest BCUT2D eigenvalue weighted by Gasteiger charge is 2.38. The quantitative estimate of drug-likeness (QED) is 0.417. The molecule has 1 saturated carbocycles. The third-order valence-electron chi connectivity index (χ3n) is 4.52. The Kier molecular flexibility index (Phi) is 7.86. The van der Waals surface area contributed by atoms with Gasteiger partial charge in [0, 0.05) is 19.9 Å². The predicted octanol–water partition coefficient (Wildman–Crippen LogP) is 0.701. The number of hydrogen-bond donors (Lipinski definition) is 4. The lowest BCUT2D eigenvalue weighted by Gasteiger charge is -2.22. The molecular weight excluding hydrogens is 360 g/mol. The van der Waals surface area contributed by atoms with Gasteiger partial charge in [-0.15, -0.1) is 0 Å². The lowest BCUT2D eigenvalue weighted by Crippen LogP contribution is -2.54. The molecule has 0 radical (unpaired) electrons. The number of nitrogens with one attached hydrogen (secondary N) is 4. The maximum Gasteiger partial charge on any atom is 0.243 e. The van der Waals surface area contributed by atoms with E-state index in [9.17, 15) is 19.2 Å². The number of hydrogen-bond acceptors (Lipinski definition) is 5. The largest absolute Gasteiger partial charge is 0.350 e. The number of Topliss-reactive ketones (excluding diaryl/α,β-unsaturated/α-hetero) is 1. The van der Waals surface area contributed by atoms with Crippen molar-refractivity contribution >= 4 is 29.7 Å². The molecule has 1 aliphatic carbocycles. The lowest BCUT2D eigenvalue weighted by atomic mass is 10.1. The fourth-order valence-corrected chi connectivity index (χ4v) is 2.84. The van der Waals surface area contributed by atoms with Crippen molar-refractivity contribution in [3.8, 4) is 0 Å². The van der Waals surface area contributed by atoms with Crippen LogP contribution < -0.4 is 16.0 Å². The summed E-state index contributed by atoms with van der Waals surface area (Å²) in [6, 6.07) is 7.72. The van der Waals surface area contributed by atoms with Crippen molar-refractivity contribution in [3.05, 3.63) is 35.9 Å². The van der Waals surface area contributed by atoms with Crippen molar-refractivity contribution in [3.63, 3.8) is 0 Å². The fourth-order valence-electron chi connectivity index (χ4n) is 2.84. The van der Waals surface area contributed by atoms with Gasteiger partial charge in [0.25, 0.3) is 0 Å². The zero-order chi connectivity index (χ0) is 20.5. The van der Waals surface area contributed by atoms with Gasteiger partial charge in [-0.2, -0.15) is 0 Å². The summed E-state index contributed by atoms with van der Waals surface area (Å²) >= 11 is 0. The van der Waals surface area contributed by atoms with Crippen LogP contribution >= 0.6 is 0 Å². The molecule has 2 atom stereocenters. The van der Waals surface area contributed by atoms with Gasteiger partial charge in [-0.05, 0) is 30.7 Å². The van der Waals surface area contributed by atoms with Crippen molar-refractivity contribution in [2.75, 3.05) is 0 Å². The van der Waals surface area contributed by atoms with E-state index in [1.165, 1.54) is 6.92 Å². The van der Waals surface area contributed by atoms with Crippen LogP contribution in [0.1, 0.15) is 38.2 Å². The first-order chi connectivity index (χ1) is 13.4. The van der Waals surface area contributed by atoms with E-state index in [2.05, 4.69) is 16.0 Å². The van der Waals surface area contributed by atoms with Gasteiger partial charge in [-0.25, -0.2) is 0 Å². The molecule has 28 heavy (non-hydrogen) atoms. The Morgan fingerprint density at radius 1 is 1.11 bits per heavy atom. The second-order valence-electron chi connectivity index (χ2n) is 6.93. The molecule has 0 saturated heterocycles. The summed E-state index contributed by atoms with van der Waals surface area (Å²) in [6.07, 6.45) is 2.44. The van der Waals surface area contributed by atoms with Gasteiger partial charge in [0.1, 0.15) is 12.1 Å². The standard InChI is InChI=1S/C20H26N4O4/c1-13(25)23-18(15-7-8-15)20(28)24-17(10-9-16(26)11-21)19(27)22-12-14-5-3-2-4-6-14/h2-6,11,15,17-18,21H,7-10,12H2,1H3,(H,22,27)(H,23,25)(H,24,28)/t17-,18-/m0/s1. The third-order valence-corrected chi connectivity index (χ3v) is 4.52. The number of rotatable bonds is 11. The summed E-state index contributed by atoms with van der Waals surface area (Å²) in [7, 11) is 0. The summed E-state index contributed by atoms with van der Waals surface area (Å²) < 4.78 is 0. The van der Waals surface area contributed by atoms with Crippen molar-refractivity contribution in [1.82, 2.24) is 16.0 Å². The van der Waals surface area contributed by atoms with E-state index in [1.807, 2.05) is 30.3 Å². The Balaban J connectivity index is 2.01. The maximum absolute atomic E-state index is 12.6. The zero-order valence-electron chi connectivity index (χ0n) is 15.9. The molecular formula is C20H26N4O4. The average Bonchev–Trinajstić information content (AvgIpc) is 3.52. The SMILES string of the molecule is CC(=O)N[C@H](C(=O)N[C@@H](CCC(=O)C=N)C(=O)NCc1ccccc1)C1CC1. The normalized spacial score (nSPS) is 15.0. The van der Waals surface area contributed by atoms with E-state index in [4.69, 9.17) is 5.41 Å². The van der Waals surface area contributed by atoms with Crippen LogP contribution in [0.15, 0.2) is 30.3 Å². The molecule has 1 aromatic carbocycles. The van der Waals surface area contributed by atoms with Gasteiger partial charge in [-0.1, -0.05) is 30.3 Å². The number of amides is 3. The first-order valence-corrected chi connectivity index (χ1v) is 9.33. The molecule has 0 heterocycles. The van der Waals surface area contributed by atoms with E-state index in [-0.39, 0.29) is 24.7 Å². The molecule has 0 aliphatic heterocycles. The maximum atomic E-state index is 12.6. The number of benzene rings is 1. The molecule has 1 aliphatic rings. The molecule has 0 unspecified atom stereocenters. The van der Waals surface area contributed by atoms with Crippen LogP contribution in [-0.4, -0.2) is 41.8 Å². The zero-order valence-corrected chi connectivity index (χ0v) is 15.9. The molecule has 2 rings (SSSR count). The van der Waals surface area contributed by atoms with E-state index < -0.39 is 29.7 Å². The van der Waals surface area contributed by atoms with Crippen LogP contribution in [0.4, 0.5) is 0 Å². The van der Waals surface area contributed by atoms with Crippen molar-refractivity contribution in [1.29, 1.82) is 5.41 Å². The van der Waals surface area contributed by atoms with Crippen LogP contribution in [0.2, 0.25) is 0 Å². The molecule has 0 bridgehead atoms. The minimum Gasteiger partial charge on any atom is -0.350 e. The smallest absolute Gasteiger partial charge is 0.243 e. The Bertz CT molecular complexity index is 731. The Labute approximate surface area is 164 Å². The topological polar surface area (TPSA) is 128 Å². The van der Waals surface area contributed by atoms with Gasteiger partial charge in [0.15, 0.2) is 5.78 Å². The van der Waals surface area contributed by atoms with Crippen LogP contribution in [0, 0.1) is 11.3 Å². The second kappa shape index (κ2) is 10.3. The second-order valence-corrected chi connectivity index (χ2v) is 6.93. The molecule has 8 heteroatoms. The minimum atomic E-state index is -0.921. The van der Waals surface area contributed by atoms with Crippen molar-refractivity contribution in [2.45, 2.75) is 51.2 Å². The van der Waals surface area contributed by atoms with Crippen LogP contribution in [0.5, 0.6) is 0 Å². The summed E-state index contributed by atoms with van der Waals surface area (Å²) in [6.45, 7) is 1.64. The molecule has 4 N–H and O–H groups in total. The van der Waals surface area contributed by atoms with E-state index in [1.54, 1.807) is 0 Å².